The third-order valence-electron chi connectivity index (χ3n) is 5.63. The molecule has 4 N–H and O–H groups in total. The molecule has 5 rings (SSSR count). The van der Waals surface area contributed by atoms with Crippen molar-refractivity contribution in [2.45, 2.75) is 16.4 Å². The number of nitrogens with one attached hydrogen (secondary N) is 1. The molecule has 0 aliphatic carbocycles. The maximum atomic E-state index is 13.0. The number of anilines is 1. The molecule has 2 aliphatic heterocycles. The number of aromatic nitrogens is 5. The Morgan fingerprint density at radius 1 is 1.46 bits per heavy atom. The van der Waals surface area contributed by atoms with Crippen LogP contribution in [0.15, 0.2) is 57.5 Å². The molecule has 0 saturated carbocycles. The van der Waals surface area contributed by atoms with Crippen molar-refractivity contribution in [3.8, 4) is 0 Å². The lowest BCUT2D eigenvalue weighted by Gasteiger charge is -2.49. The Labute approximate surface area is 231 Å². The summed E-state index contributed by atoms with van der Waals surface area (Å²) in [6.07, 6.45) is 5.33. The number of allylic oxidation sites excluding steroid dienone is 1. The molecule has 39 heavy (non-hydrogen) atoms. The molecule has 0 aromatic carbocycles. The van der Waals surface area contributed by atoms with E-state index < -0.39 is 41.8 Å². The lowest BCUT2D eigenvalue weighted by molar-refractivity contribution is -0.644. The van der Waals surface area contributed by atoms with Crippen molar-refractivity contribution in [2.24, 2.45) is 12.2 Å². The van der Waals surface area contributed by atoms with E-state index in [4.69, 9.17) is 5.73 Å². The predicted octanol–water partition coefficient (Wildman–Crippen LogP) is 0.285. The Morgan fingerprint density at radius 3 is 3.00 bits per heavy atom. The van der Waals surface area contributed by atoms with E-state index >= 15 is 0 Å². The smallest absolute Gasteiger partial charge is 0.352 e. The SMILES string of the molecule is C[n+]1ccn2nc(S/C=C/C3=C(C(=O)O)N4C(=O)[C@@H](NC(=O)/C(=N/OCF)c5nsc(N)n5)[C@H]4SC3)ccc21. The van der Waals surface area contributed by atoms with Gasteiger partial charge in [0.1, 0.15) is 28.3 Å². The van der Waals surface area contributed by atoms with Gasteiger partial charge in [0.15, 0.2) is 11.3 Å². The maximum Gasteiger partial charge on any atom is 0.352 e. The van der Waals surface area contributed by atoms with Crippen molar-refractivity contribution < 1.29 is 33.3 Å². The molecule has 0 radical (unpaired) electrons. The van der Waals surface area contributed by atoms with Gasteiger partial charge >= 0.3 is 11.6 Å². The quantitative estimate of drug-likeness (QED) is 0.102. The largest absolute Gasteiger partial charge is 0.477 e. The first-order valence-electron chi connectivity index (χ1n) is 11.0. The van der Waals surface area contributed by atoms with E-state index in [0.29, 0.717) is 10.6 Å². The molecule has 1 saturated heterocycles. The number of nitrogen functional groups attached to an aromatic ring is 1. The number of carboxylic acids is 1. The summed E-state index contributed by atoms with van der Waals surface area (Å²) < 4.78 is 20.0. The molecule has 5 heterocycles. The Kier molecular flexibility index (Phi) is 7.49. The molecule has 14 nitrogen and oxygen atoms in total. The fourth-order valence-corrected chi connectivity index (χ4v) is 6.28. The number of aryl methyl sites for hydroxylation is 1. The summed E-state index contributed by atoms with van der Waals surface area (Å²) in [4.78, 5) is 47.2. The van der Waals surface area contributed by atoms with Crippen molar-refractivity contribution >= 4 is 69.3 Å². The van der Waals surface area contributed by atoms with Crippen LogP contribution >= 0.6 is 35.1 Å². The number of imidazole rings is 1. The first kappa shape index (κ1) is 26.6. The Hall–Kier alpha value is -4.03. The van der Waals surface area contributed by atoms with Gasteiger partial charge in [0.05, 0.1) is 7.05 Å². The normalized spacial score (nSPS) is 19.4. The highest BCUT2D eigenvalue weighted by atomic mass is 32.2. The third kappa shape index (κ3) is 5.17. The number of rotatable bonds is 9. The second-order valence-electron chi connectivity index (χ2n) is 7.98. The molecule has 2 aliphatic rings. The number of oxime groups is 1. The molecule has 2 amide bonds. The number of nitrogens with zero attached hydrogens (tertiary/aromatic N) is 7. The first-order chi connectivity index (χ1) is 18.8. The number of aliphatic carboxylic acids is 1. The fourth-order valence-electron chi connectivity index (χ4n) is 3.87. The number of β-lactam (4-membered cyclic amide) rings is 1. The topological polar surface area (TPSA) is 181 Å². The Bertz CT molecular complexity index is 1570. The summed E-state index contributed by atoms with van der Waals surface area (Å²) in [6.45, 7) is -1.30. The number of carbonyl (C=O) groups excluding carboxylic acids is 2. The van der Waals surface area contributed by atoms with Gasteiger partial charge < -0.3 is 21.0 Å². The highest BCUT2D eigenvalue weighted by Gasteiger charge is 2.54. The van der Waals surface area contributed by atoms with Gasteiger partial charge in [-0.05, 0) is 23.1 Å². The lowest BCUT2D eigenvalue weighted by atomic mass is 10.0. The van der Waals surface area contributed by atoms with Crippen LogP contribution in [0.3, 0.4) is 0 Å². The average Bonchev–Trinajstić information content (AvgIpc) is 3.51. The Morgan fingerprint density at radius 2 is 2.28 bits per heavy atom. The molecule has 2 atom stereocenters. The molecule has 0 bridgehead atoms. The van der Waals surface area contributed by atoms with Gasteiger partial charge in [0.25, 0.3) is 18.7 Å². The summed E-state index contributed by atoms with van der Waals surface area (Å²) in [5, 5.41) is 22.0. The summed E-state index contributed by atoms with van der Waals surface area (Å²) >= 11 is 3.38. The number of hydrogen-bond donors (Lipinski definition) is 3. The van der Waals surface area contributed by atoms with E-state index in [1.54, 1.807) is 16.0 Å². The number of amides is 2. The van der Waals surface area contributed by atoms with Crippen LogP contribution in [-0.4, -0.2) is 76.5 Å². The monoisotopic (exact) mass is 592 g/mol. The third-order valence-corrected chi connectivity index (χ3v) is 8.20. The van der Waals surface area contributed by atoms with Crippen LogP contribution in [0.1, 0.15) is 5.82 Å². The van der Waals surface area contributed by atoms with Gasteiger partial charge in [0.2, 0.25) is 11.5 Å². The van der Waals surface area contributed by atoms with Crippen molar-refractivity contribution in [3.63, 3.8) is 0 Å². The zero-order chi connectivity index (χ0) is 27.7. The van der Waals surface area contributed by atoms with Crippen molar-refractivity contribution in [1.82, 2.24) is 29.2 Å². The van der Waals surface area contributed by atoms with Crippen LogP contribution in [0, 0.1) is 0 Å². The van der Waals surface area contributed by atoms with E-state index in [-0.39, 0.29) is 22.4 Å². The standard InChI is InChI=1S/C21H18FN9O5S3/c1-29-5-6-30-12(29)3-2-11(26-30)37-7-4-10-8-38-19-14(18(33)31(19)15(10)20(34)35)24-17(32)13(27-36-9-22)16-25-21(23)39-28-16/h2-7,14,19H,8-9H2,1H3,(H3-,23,24,25,28,32,34,35)/p+1/b7-4+,27-13+/t14-,19-/m1/s1. The fraction of sp³-hybridized carbons (Fsp3) is 0.238. The average molecular weight is 593 g/mol. The van der Waals surface area contributed by atoms with Crippen LogP contribution in [0.4, 0.5) is 9.52 Å². The van der Waals surface area contributed by atoms with E-state index in [0.717, 1.165) is 22.1 Å². The zero-order valence-corrected chi connectivity index (χ0v) is 22.4. The van der Waals surface area contributed by atoms with E-state index in [9.17, 15) is 23.9 Å². The van der Waals surface area contributed by atoms with Gasteiger partial charge in [-0.1, -0.05) is 22.0 Å². The van der Waals surface area contributed by atoms with E-state index in [2.05, 4.69) is 29.8 Å². The maximum absolute atomic E-state index is 13.0. The lowest BCUT2D eigenvalue weighted by Crippen LogP contribution is -2.71. The molecule has 202 valence electrons. The zero-order valence-electron chi connectivity index (χ0n) is 19.9. The molecular formula is C21H19FN9O5S3+. The number of hydrogen-bond acceptors (Lipinski definition) is 12. The predicted molar refractivity (Wildman–Crippen MR) is 139 cm³/mol. The van der Waals surface area contributed by atoms with Crippen LogP contribution in [-0.2, 0) is 26.3 Å². The first-order valence-corrected chi connectivity index (χ1v) is 13.7. The Balaban J connectivity index is 1.30. The second-order valence-corrected chi connectivity index (χ2v) is 10.8. The van der Waals surface area contributed by atoms with Gasteiger partial charge in [-0.2, -0.15) is 9.36 Å². The van der Waals surface area contributed by atoms with Gasteiger partial charge in [0, 0.05) is 23.4 Å². The summed E-state index contributed by atoms with van der Waals surface area (Å²) in [6, 6.07) is 2.71. The van der Waals surface area contributed by atoms with Gasteiger partial charge in [-0.3, -0.25) is 14.5 Å². The number of carbonyl (C=O) groups is 3. The number of thioether (sulfide) groups is 2. The molecular weight excluding hydrogens is 573 g/mol. The number of carboxylic acid groups (broad SMARTS) is 1. The molecule has 18 heteroatoms. The van der Waals surface area contributed by atoms with Crippen LogP contribution in [0.2, 0.25) is 0 Å². The summed E-state index contributed by atoms with van der Waals surface area (Å²) in [7, 11) is 1.91. The highest BCUT2D eigenvalue weighted by Crippen LogP contribution is 2.41. The molecule has 3 aromatic rings. The number of halogens is 1. The van der Waals surface area contributed by atoms with Crippen molar-refractivity contribution in [3.05, 3.63) is 53.1 Å². The van der Waals surface area contributed by atoms with E-state index in [1.807, 2.05) is 36.1 Å². The second kappa shape index (κ2) is 11.0. The number of fused-ring (bicyclic) bond motifs is 2. The minimum atomic E-state index is -1.30. The molecule has 1 fully saturated rings. The van der Waals surface area contributed by atoms with Gasteiger partial charge in [-0.25, -0.2) is 13.8 Å². The van der Waals surface area contributed by atoms with E-state index in [1.165, 1.54) is 23.5 Å². The van der Waals surface area contributed by atoms with Gasteiger partial charge in [-0.15, -0.1) is 16.3 Å². The summed E-state index contributed by atoms with van der Waals surface area (Å²) in [5.41, 5.74) is 6.25. The summed E-state index contributed by atoms with van der Waals surface area (Å²) in [5.74, 6) is -2.72. The van der Waals surface area contributed by atoms with Crippen LogP contribution in [0.5, 0.6) is 0 Å². The minimum absolute atomic E-state index is 0.0459. The van der Waals surface area contributed by atoms with Crippen molar-refractivity contribution in [1.29, 1.82) is 0 Å². The molecule has 0 spiro atoms. The minimum Gasteiger partial charge on any atom is -0.477 e. The highest BCUT2D eigenvalue weighted by molar-refractivity contribution is 8.02. The number of nitrogens with two attached hydrogens (primary N) is 1. The molecule has 3 aromatic heterocycles. The van der Waals surface area contributed by atoms with Crippen LogP contribution in [0.25, 0.3) is 5.65 Å². The van der Waals surface area contributed by atoms with Crippen molar-refractivity contribution in [2.75, 3.05) is 18.3 Å². The molecule has 0 unspecified atom stereocenters. The number of alkyl halides is 1. The van der Waals surface area contributed by atoms with Crippen LogP contribution < -0.4 is 15.6 Å².